The molecule has 1 aromatic carbocycles. The molecular weight excluding hydrogens is 458 g/mol. The topological polar surface area (TPSA) is 117 Å². The Morgan fingerprint density at radius 3 is 2.65 bits per heavy atom. The predicted molar refractivity (Wildman–Crippen MR) is 125 cm³/mol. The Balaban J connectivity index is 1.94. The van der Waals surface area contributed by atoms with Gasteiger partial charge >= 0.3 is 5.97 Å². The second kappa shape index (κ2) is 9.50. The van der Waals surface area contributed by atoms with Crippen molar-refractivity contribution in [3.63, 3.8) is 0 Å². The minimum atomic E-state index is -3.84. The van der Waals surface area contributed by atoms with E-state index < -0.39 is 15.8 Å². The zero-order valence-corrected chi connectivity index (χ0v) is 20.7. The lowest BCUT2D eigenvalue weighted by Crippen LogP contribution is -2.40. The van der Waals surface area contributed by atoms with Crippen molar-refractivity contribution in [2.24, 2.45) is 5.41 Å². The Morgan fingerprint density at radius 1 is 1.26 bits per heavy atom. The van der Waals surface area contributed by atoms with Crippen molar-refractivity contribution in [2.75, 3.05) is 32.6 Å². The minimum absolute atomic E-state index is 0.0328. The lowest BCUT2D eigenvalue weighted by Gasteiger charge is -2.36. The van der Waals surface area contributed by atoms with Gasteiger partial charge in [-0.1, -0.05) is 19.9 Å². The summed E-state index contributed by atoms with van der Waals surface area (Å²) in [7, 11) is -3.84. The number of amides is 1. The molecule has 0 bridgehead atoms. The number of nitrogens with one attached hydrogen (secondary N) is 1. The summed E-state index contributed by atoms with van der Waals surface area (Å²) in [6, 6.07) is 4.69. The number of aromatic nitrogens is 2. The smallest absolute Gasteiger partial charge is 0.339 e. The van der Waals surface area contributed by atoms with Crippen molar-refractivity contribution in [2.45, 2.75) is 50.8 Å². The van der Waals surface area contributed by atoms with Gasteiger partial charge in [0.25, 0.3) is 5.91 Å². The first-order valence-electron chi connectivity index (χ1n) is 11.7. The van der Waals surface area contributed by atoms with E-state index in [-0.39, 0.29) is 34.1 Å². The number of aryl methyl sites for hydroxylation is 1. The maximum Gasteiger partial charge on any atom is 0.339 e. The summed E-state index contributed by atoms with van der Waals surface area (Å²) in [6.45, 7) is 5.69. The third-order valence-corrected chi connectivity index (χ3v) is 7.76. The summed E-state index contributed by atoms with van der Waals surface area (Å²) in [4.78, 5) is 25.8. The number of ether oxygens (including phenoxy) is 2. The molecule has 0 atom stereocenters. The molecule has 0 radical (unpaired) electrons. The van der Waals surface area contributed by atoms with Crippen LogP contribution in [0.1, 0.15) is 65.2 Å². The van der Waals surface area contributed by atoms with Crippen molar-refractivity contribution in [1.82, 2.24) is 15.1 Å². The molecule has 1 N–H and O–H groups in total. The van der Waals surface area contributed by atoms with Gasteiger partial charge in [-0.3, -0.25) is 4.79 Å². The quantitative estimate of drug-likeness (QED) is 0.620. The second-order valence-electron chi connectivity index (χ2n) is 9.07. The van der Waals surface area contributed by atoms with E-state index in [1.54, 1.807) is 16.8 Å². The van der Waals surface area contributed by atoms with Gasteiger partial charge in [-0.15, -0.1) is 0 Å². The largest absolute Gasteiger partial charge is 0.462 e. The molecule has 184 valence electrons. The van der Waals surface area contributed by atoms with Gasteiger partial charge in [0.05, 0.1) is 34.8 Å². The molecule has 4 rings (SSSR count). The number of carbonyl (C=O) groups is 2. The number of benzene rings is 1. The maximum absolute atomic E-state index is 13.1. The van der Waals surface area contributed by atoms with Crippen LogP contribution in [0.2, 0.25) is 0 Å². The van der Waals surface area contributed by atoms with Crippen molar-refractivity contribution < 1.29 is 27.5 Å². The van der Waals surface area contributed by atoms with E-state index in [1.807, 2.05) is 13.8 Å². The van der Waals surface area contributed by atoms with E-state index in [0.29, 0.717) is 56.0 Å². The first-order chi connectivity index (χ1) is 16.2. The van der Waals surface area contributed by atoms with E-state index in [1.165, 1.54) is 6.07 Å². The Bertz CT molecular complexity index is 1210. The van der Waals surface area contributed by atoms with Crippen LogP contribution in [-0.4, -0.2) is 62.7 Å². The molecule has 2 aliphatic rings. The molecule has 9 nitrogen and oxygen atoms in total. The monoisotopic (exact) mass is 489 g/mol. The van der Waals surface area contributed by atoms with Gasteiger partial charge in [0.15, 0.2) is 9.84 Å². The number of nitrogens with zero attached hydrogens (tertiary/aromatic N) is 2. The van der Waals surface area contributed by atoms with Crippen LogP contribution in [0.25, 0.3) is 5.69 Å². The minimum Gasteiger partial charge on any atom is -0.462 e. The van der Waals surface area contributed by atoms with Crippen molar-refractivity contribution in [1.29, 1.82) is 0 Å². The Labute approximate surface area is 199 Å². The highest BCUT2D eigenvalue weighted by atomic mass is 32.2. The van der Waals surface area contributed by atoms with E-state index in [0.717, 1.165) is 19.1 Å². The summed E-state index contributed by atoms with van der Waals surface area (Å²) in [5.74, 6) is -0.905. The average molecular weight is 490 g/mol. The number of hydrogen-bond acceptors (Lipinski definition) is 7. The molecule has 0 saturated carbocycles. The summed E-state index contributed by atoms with van der Waals surface area (Å²) in [5, 5.41) is 7.75. The van der Waals surface area contributed by atoms with Crippen LogP contribution in [0.3, 0.4) is 0 Å². The fourth-order valence-electron chi connectivity index (χ4n) is 4.82. The van der Waals surface area contributed by atoms with Gasteiger partial charge in [-0.2, -0.15) is 5.10 Å². The highest BCUT2D eigenvalue weighted by molar-refractivity contribution is 7.91. The van der Waals surface area contributed by atoms with Gasteiger partial charge in [-0.05, 0) is 49.7 Å². The first-order valence-corrected chi connectivity index (χ1v) is 13.6. The van der Waals surface area contributed by atoms with Crippen LogP contribution in [0.5, 0.6) is 0 Å². The standard InChI is InChI=1S/C24H31N3O6S/c1-4-11-33-23(29)16-7-6-8-18(21(16)34(3,30)31)27-19-14-24(9-12-32-13-10-24)15-25-22(28)20(19)17(5-2)26-27/h6-8H,4-5,9-15H2,1-3H3,(H,25,28). The lowest BCUT2D eigenvalue weighted by molar-refractivity contribution is 0.0154. The van der Waals surface area contributed by atoms with Crippen LogP contribution < -0.4 is 5.32 Å². The lowest BCUT2D eigenvalue weighted by atomic mass is 9.76. The molecular formula is C24H31N3O6S. The summed E-state index contributed by atoms with van der Waals surface area (Å²) in [6.07, 6.45) is 4.30. The fourth-order valence-corrected chi connectivity index (χ4v) is 5.91. The summed E-state index contributed by atoms with van der Waals surface area (Å²) < 4.78 is 38.3. The molecule has 34 heavy (non-hydrogen) atoms. The summed E-state index contributed by atoms with van der Waals surface area (Å²) >= 11 is 0. The number of fused-ring (bicyclic) bond motifs is 1. The van der Waals surface area contributed by atoms with E-state index in [9.17, 15) is 18.0 Å². The molecule has 10 heteroatoms. The van der Waals surface area contributed by atoms with E-state index >= 15 is 0 Å². The fraction of sp³-hybridized carbons (Fsp3) is 0.542. The zero-order chi connectivity index (χ0) is 24.5. The molecule has 2 aliphatic heterocycles. The number of esters is 1. The van der Waals surface area contributed by atoms with Crippen LogP contribution >= 0.6 is 0 Å². The highest BCUT2D eigenvalue weighted by Crippen LogP contribution is 2.39. The predicted octanol–water partition coefficient (Wildman–Crippen LogP) is 2.49. The molecule has 2 aromatic rings. The SMILES string of the molecule is CCCOC(=O)c1cccc(-n2nc(CC)c3c2CC2(CCOCC2)CNC3=O)c1S(C)(=O)=O. The van der Waals surface area contributed by atoms with Crippen molar-refractivity contribution >= 4 is 21.7 Å². The molecule has 0 unspecified atom stereocenters. The van der Waals surface area contributed by atoms with Gasteiger partial charge < -0.3 is 14.8 Å². The van der Waals surface area contributed by atoms with Crippen LogP contribution in [0.4, 0.5) is 0 Å². The van der Waals surface area contributed by atoms with Crippen LogP contribution in [-0.2, 0) is 32.2 Å². The molecule has 1 spiro atoms. The molecule has 0 aliphatic carbocycles. The van der Waals surface area contributed by atoms with E-state index in [2.05, 4.69) is 5.32 Å². The van der Waals surface area contributed by atoms with Crippen molar-refractivity contribution in [3.05, 3.63) is 40.7 Å². The van der Waals surface area contributed by atoms with Crippen LogP contribution in [0.15, 0.2) is 23.1 Å². The Hall–Kier alpha value is -2.72. The third kappa shape index (κ3) is 4.48. The first kappa shape index (κ1) is 24.4. The average Bonchev–Trinajstić information content (AvgIpc) is 3.11. The summed E-state index contributed by atoms with van der Waals surface area (Å²) in [5.41, 5.74) is 1.76. The second-order valence-corrected chi connectivity index (χ2v) is 11.0. The molecule has 1 aromatic heterocycles. The number of hydrogen-bond donors (Lipinski definition) is 1. The molecule has 1 saturated heterocycles. The third-order valence-electron chi connectivity index (χ3n) is 6.59. The zero-order valence-electron chi connectivity index (χ0n) is 19.8. The highest BCUT2D eigenvalue weighted by Gasteiger charge is 2.40. The molecule has 1 fully saturated rings. The van der Waals surface area contributed by atoms with Gasteiger partial charge in [0.1, 0.15) is 4.90 Å². The Morgan fingerprint density at radius 2 is 2.00 bits per heavy atom. The van der Waals surface area contributed by atoms with Gasteiger partial charge in [-0.25, -0.2) is 17.9 Å². The van der Waals surface area contributed by atoms with E-state index in [4.69, 9.17) is 14.6 Å². The number of sulfone groups is 1. The van der Waals surface area contributed by atoms with Crippen LogP contribution in [0, 0.1) is 5.41 Å². The number of carbonyl (C=O) groups excluding carboxylic acids is 2. The van der Waals surface area contributed by atoms with Gasteiger partial charge in [0.2, 0.25) is 0 Å². The Kier molecular flexibility index (Phi) is 6.82. The molecule has 3 heterocycles. The van der Waals surface area contributed by atoms with Crippen molar-refractivity contribution in [3.8, 4) is 5.69 Å². The van der Waals surface area contributed by atoms with Gasteiger partial charge in [0, 0.05) is 26.0 Å². The number of rotatable bonds is 6. The molecule has 1 amide bonds. The maximum atomic E-state index is 13.1. The normalized spacial score (nSPS) is 17.7.